The summed E-state index contributed by atoms with van der Waals surface area (Å²) in [6.07, 6.45) is 5.28. The first-order valence-corrected chi connectivity index (χ1v) is 20.9. The van der Waals surface area contributed by atoms with E-state index in [1.54, 1.807) is 23.0 Å². The number of piperidine rings is 3. The van der Waals surface area contributed by atoms with Crippen molar-refractivity contribution in [2.45, 2.75) is 70.8 Å². The molecule has 0 spiro atoms. The van der Waals surface area contributed by atoms with Crippen LogP contribution in [0.25, 0.3) is 11.0 Å². The molecule has 2 aromatic heterocycles. The van der Waals surface area contributed by atoms with Gasteiger partial charge in [-0.15, -0.1) is 0 Å². The lowest BCUT2D eigenvalue weighted by atomic mass is 9.88. The van der Waals surface area contributed by atoms with E-state index < -0.39 is 29.7 Å². The molecule has 16 heteroatoms. The Kier molecular flexibility index (Phi) is 10.5. The van der Waals surface area contributed by atoms with Gasteiger partial charge in [-0.05, 0) is 105 Å². The second-order valence-electron chi connectivity index (χ2n) is 16.6. The number of aryl methyl sites for hydroxylation is 3. The van der Waals surface area contributed by atoms with Crippen molar-refractivity contribution in [2.75, 3.05) is 41.7 Å². The van der Waals surface area contributed by atoms with Crippen LogP contribution in [0.4, 0.5) is 33.2 Å². The lowest BCUT2D eigenvalue weighted by molar-refractivity contribution is -0.136. The van der Waals surface area contributed by atoms with Crippen LogP contribution in [0.15, 0.2) is 60.8 Å². The van der Waals surface area contributed by atoms with Crippen LogP contribution in [0.2, 0.25) is 0 Å². The maximum Gasteiger partial charge on any atom is 0.262 e. The van der Waals surface area contributed by atoms with Crippen molar-refractivity contribution in [3.63, 3.8) is 0 Å². The number of nitrogens with zero attached hydrogens (tertiary/aromatic N) is 7. The molecule has 6 heterocycles. The fraction of sp³-hybridized carbons (Fsp3) is 0.378. The molecule has 3 aromatic carbocycles. The van der Waals surface area contributed by atoms with E-state index in [2.05, 4.69) is 35.9 Å². The second-order valence-corrected chi connectivity index (χ2v) is 16.6. The fourth-order valence-corrected chi connectivity index (χ4v) is 9.25. The van der Waals surface area contributed by atoms with E-state index >= 15 is 4.39 Å². The molecule has 15 nitrogen and oxygen atoms in total. The lowest BCUT2D eigenvalue weighted by Gasteiger charge is -2.36. The number of carbonyl (C=O) groups is 5. The van der Waals surface area contributed by atoms with Crippen molar-refractivity contribution >= 4 is 69.4 Å². The average Bonchev–Trinajstić information content (AvgIpc) is 3.69. The van der Waals surface area contributed by atoms with Gasteiger partial charge in [-0.3, -0.25) is 34.2 Å². The van der Waals surface area contributed by atoms with E-state index in [-0.39, 0.29) is 47.5 Å². The van der Waals surface area contributed by atoms with Crippen LogP contribution in [0.3, 0.4) is 0 Å². The number of benzene rings is 3. The monoisotopic (exact) mass is 826 g/mol. The van der Waals surface area contributed by atoms with Crippen LogP contribution < -0.4 is 20.9 Å². The topological polar surface area (TPSA) is 175 Å². The van der Waals surface area contributed by atoms with Gasteiger partial charge in [0.05, 0.1) is 16.5 Å². The minimum absolute atomic E-state index is 0.00297. The molecule has 3 N–H and O–H groups in total. The summed E-state index contributed by atoms with van der Waals surface area (Å²) in [6, 6.07) is 15.4. The van der Waals surface area contributed by atoms with Crippen LogP contribution in [-0.4, -0.2) is 91.3 Å². The Balaban J connectivity index is 0.755. The van der Waals surface area contributed by atoms with Crippen molar-refractivity contribution in [2.24, 2.45) is 13.0 Å². The highest BCUT2D eigenvalue weighted by atomic mass is 19.1. The van der Waals surface area contributed by atoms with Gasteiger partial charge < -0.3 is 20.4 Å². The van der Waals surface area contributed by atoms with Crippen molar-refractivity contribution in [1.82, 2.24) is 34.9 Å². The molecule has 0 saturated carbocycles. The number of carbonyl (C=O) groups excluding carboxylic acids is 5. The highest BCUT2D eigenvalue weighted by molar-refractivity contribution is 6.23. The number of rotatable bonds is 9. The number of amides is 5. The van der Waals surface area contributed by atoms with Crippen LogP contribution in [0, 0.1) is 25.6 Å². The van der Waals surface area contributed by atoms with Gasteiger partial charge in [-0.1, -0.05) is 24.3 Å². The standard InChI is InChI=1S/C45H47FN10O5/c1-25-5-4-6-26(2)39(25)50-40-34-24-47-45(51-41(34)53(3)52-40)48-29-7-9-31(35(46)22-29)28-15-19-55(20-16-28)38(58)21-27-13-17-54(18-14-27)30-8-10-32-33(23-30)44(61)56(43(32)60)36-11-12-37(57)49-42(36)59/h4-10,22-24,27-28,36H,11-21H2,1-3H3,(H,50,52)(H,47,48,51)(H,49,57,59). The van der Waals surface area contributed by atoms with Crippen molar-refractivity contribution in [3.05, 3.63) is 94.4 Å². The van der Waals surface area contributed by atoms with E-state index in [0.29, 0.717) is 74.1 Å². The molecule has 61 heavy (non-hydrogen) atoms. The molecule has 0 radical (unpaired) electrons. The first-order valence-electron chi connectivity index (χ1n) is 20.9. The Bertz CT molecular complexity index is 2590. The zero-order chi connectivity index (χ0) is 42.5. The smallest absolute Gasteiger partial charge is 0.262 e. The van der Waals surface area contributed by atoms with Gasteiger partial charge in [0.15, 0.2) is 11.5 Å². The minimum Gasteiger partial charge on any atom is -0.371 e. The number of anilines is 5. The summed E-state index contributed by atoms with van der Waals surface area (Å²) in [7, 11) is 1.82. The number of likely N-dealkylation sites (tertiary alicyclic amines) is 1. The summed E-state index contributed by atoms with van der Waals surface area (Å²) < 4.78 is 17.3. The molecule has 314 valence electrons. The lowest BCUT2D eigenvalue weighted by Crippen LogP contribution is -2.54. The summed E-state index contributed by atoms with van der Waals surface area (Å²) in [5.41, 5.74) is 6.32. The Morgan fingerprint density at radius 1 is 0.869 bits per heavy atom. The number of hydrogen-bond donors (Lipinski definition) is 3. The van der Waals surface area contributed by atoms with E-state index in [1.165, 1.54) is 6.07 Å². The first kappa shape index (κ1) is 39.7. The van der Waals surface area contributed by atoms with E-state index in [9.17, 15) is 24.0 Å². The van der Waals surface area contributed by atoms with E-state index in [0.717, 1.165) is 45.6 Å². The van der Waals surface area contributed by atoms with Crippen molar-refractivity contribution < 1.29 is 28.4 Å². The van der Waals surface area contributed by atoms with Gasteiger partial charge in [-0.25, -0.2) is 14.1 Å². The number of hydrogen-bond acceptors (Lipinski definition) is 11. The first-order chi connectivity index (χ1) is 29.4. The predicted molar refractivity (Wildman–Crippen MR) is 226 cm³/mol. The molecule has 3 saturated heterocycles. The van der Waals surface area contributed by atoms with E-state index in [4.69, 9.17) is 0 Å². The molecular formula is C45H47FN10O5. The second kappa shape index (κ2) is 16.0. The normalized spacial score (nSPS) is 18.8. The average molecular weight is 827 g/mol. The summed E-state index contributed by atoms with van der Waals surface area (Å²) in [5.74, 6) is -1.10. The molecule has 9 rings (SSSR count). The molecule has 5 amide bonds. The van der Waals surface area contributed by atoms with Gasteiger partial charge >= 0.3 is 0 Å². The number of aromatic nitrogens is 4. The molecule has 0 bridgehead atoms. The Labute approximate surface area is 351 Å². The summed E-state index contributed by atoms with van der Waals surface area (Å²) in [4.78, 5) is 78.2. The molecule has 4 aliphatic heterocycles. The SMILES string of the molecule is Cc1cccc(C)c1Nc1nn(C)c2nc(Nc3ccc(C4CCN(C(=O)CC5CCN(c6ccc7c(c6)C(=O)N(C6CCC(=O)NC6=O)C7=O)CC5)CC4)c(F)c3)ncc12. The third kappa shape index (κ3) is 7.66. The number of halogens is 1. The number of imide groups is 2. The Morgan fingerprint density at radius 2 is 1.61 bits per heavy atom. The molecule has 5 aromatic rings. The van der Waals surface area contributed by atoms with Crippen LogP contribution in [0.1, 0.15) is 88.3 Å². The zero-order valence-electron chi connectivity index (χ0n) is 34.3. The molecular weight excluding hydrogens is 780 g/mol. The summed E-state index contributed by atoms with van der Waals surface area (Å²) in [5, 5.41) is 14.2. The zero-order valence-corrected chi connectivity index (χ0v) is 34.3. The fourth-order valence-electron chi connectivity index (χ4n) is 9.25. The van der Waals surface area contributed by atoms with Crippen LogP contribution >= 0.6 is 0 Å². The highest BCUT2D eigenvalue weighted by Gasteiger charge is 2.45. The maximum atomic E-state index is 15.6. The molecule has 4 aliphatic rings. The number of nitrogens with one attached hydrogen (secondary N) is 3. The van der Waals surface area contributed by atoms with Crippen molar-refractivity contribution in [1.29, 1.82) is 0 Å². The number of fused-ring (bicyclic) bond motifs is 2. The molecule has 0 aliphatic carbocycles. The van der Waals surface area contributed by atoms with Gasteiger partial charge in [0, 0.05) is 69.3 Å². The van der Waals surface area contributed by atoms with Crippen molar-refractivity contribution in [3.8, 4) is 0 Å². The largest absolute Gasteiger partial charge is 0.371 e. The molecule has 1 unspecified atom stereocenters. The highest BCUT2D eigenvalue weighted by Crippen LogP contribution is 2.35. The third-order valence-electron chi connectivity index (χ3n) is 12.7. The number of para-hydroxylation sites is 1. The van der Waals surface area contributed by atoms with Gasteiger partial charge in [0.1, 0.15) is 11.9 Å². The van der Waals surface area contributed by atoms with Crippen LogP contribution in [-0.2, 0) is 21.4 Å². The van der Waals surface area contributed by atoms with Gasteiger partial charge in [-0.2, -0.15) is 10.1 Å². The molecule has 1 atom stereocenters. The Hall–Kier alpha value is -6.71. The Morgan fingerprint density at radius 3 is 2.33 bits per heavy atom. The summed E-state index contributed by atoms with van der Waals surface area (Å²) in [6.45, 7) is 6.61. The van der Waals surface area contributed by atoms with Gasteiger partial charge in [0.2, 0.25) is 23.7 Å². The maximum absolute atomic E-state index is 15.6. The van der Waals surface area contributed by atoms with Crippen LogP contribution in [0.5, 0.6) is 0 Å². The predicted octanol–water partition coefficient (Wildman–Crippen LogP) is 6.02. The van der Waals surface area contributed by atoms with Gasteiger partial charge in [0.25, 0.3) is 11.8 Å². The minimum atomic E-state index is -1.01. The molecule has 3 fully saturated rings. The van der Waals surface area contributed by atoms with E-state index in [1.807, 2.05) is 62.2 Å². The quantitative estimate of drug-likeness (QED) is 0.148. The third-order valence-corrected chi connectivity index (χ3v) is 12.7. The summed E-state index contributed by atoms with van der Waals surface area (Å²) >= 11 is 0.